The van der Waals surface area contributed by atoms with E-state index < -0.39 is 11.6 Å². The Bertz CT molecular complexity index is 949. The second-order valence-electron chi connectivity index (χ2n) is 7.33. The Labute approximate surface area is 157 Å². The quantitative estimate of drug-likeness (QED) is 0.667. The number of hydrogen-bond donors (Lipinski definition) is 1. The van der Waals surface area contributed by atoms with Gasteiger partial charge in [-0.3, -0.25) is 0 Å². The number of rotatable bonds is 4. The smallest absolute Gasteiger partial charge is 0.413 e. The second-order valence-corrected chi connectivity index (χ2v) is 7.33. The first kappa shape index (κ1) is 18.7. The van der Waals surface area contributed by atoms with Crippen molar-refractivity contribution in [2.75, 3.05) is 0 Å². The van der Waals surface area contributed by atoms with E-state index in [1.165, 1.54) is 12.1 Å². The number of halogens is 1. The average molecular weight is 367 g/mol. The van der Waals surface area contributed by atoms with Gasteiger partial charge in [-0.15, -0.1) is 0 Å². The van der Waals surface area contributed by atoms with Crippen LogP contribution < -0.4 is 14.8 Å². The van der Waals surface area contributed by atoms with E-state index in [0.29, 0.717) is 23.5 Å². The van der Waals surface area contributed by atoms with Crippen molar-refractivity contribution in [2.24, 2.45) is 0 Å². The summed E-state index contributed by atoms with van der Waals surface area (Å²) in [4.78, 5) is 12.1. The Morgan fingerprint density at radius 3 is 2.48 bits per heavy atom. The van der Waals surface area contributed by atoms with Gasteiger partial charge in [0, 0.05) is 17.0 Å². The number of nitrogens with one attached hydrogen (secondary N) is 1. The van der Waals surface area contributed by atoms with Gasteiger partial charge in [-0.25, -0.2) is 9.18 Å². The molecule has 27 heavy (non-hydrogen) atoms. The Balaban J connectivity index is 1.89. The standard InChI is InChI=1S/C22H22FNO3/c1-22(2,3)24-21(25)27-18-11-16-9-10-17(23)12-19(16)20(13-18)26-14-15-7-5-4-6-8-15/h4-13H,14H2,1-3H3,(H,24,25). The maximum absolute atomic E-state index is 13.7. The van der Waals surface area contributed by atoms with Crippen LogP contribution in [0.5, 0.6) is 11.5 Å². The number of carbonyl (C=O) groups is 1. The summed E-state index contributed by atoms with van der Waals surface area (Å²) in [5.74, 6) is 0.430. The fraction of sp³-hybridized carbons (Fsp3) is 0.227. The molecule has 0 aromatic heterocycles. The van der Waals surface area contributed by atoms with Gasteiger partial charge in [0.25, 0.3) is 0 Å². The van der Waals surface area contributed by atoms with E-state index in [0.717, 1.165) is 10.9 Å². The zero-order chi connectivity index (χ0) is 19.4. The van der Waals surface area contributed by atoms with Crippen molar-refractivity contribution in [1.29, 1.82) is 0 Å². The minimum absolute atomic E-state index is 0.324. The van der Waals surface area contributed by atoms with Gasteiger partial charge in [-0.05, 0) is 49.9 Å². The maximum atomic E-state index is 13.7. The minimum atomic E-state index is -0.557. The first-order valence-electron chi connectivity index (χ1n) is 8.70. The normalized spacial score (nSPS) is 11.3. The number of amides is 1. The number of fused-ring (bicyclic) bond motifs is 1. The predicted octanol–water partition coefficient (Wildman–Crippen LogP) is 5.44. The van der Waals surface area contributed by atoms with Gasteiger partial charge in [0.05, 0.1) is 0 Å². The van der Waals surface area contributed by atoms with Crippen LogP contribution in [-0.2, 0) is 6.61 Å². The molecule has 3 aromatic carbocycles. The largest absolute Gasteiger partial charge is 0.488 e. The van der Waals surface area contributed by atoms with Gasteiger partial charge in [0.15, 0.2) is 0 Å². The fourth-order valence-corrected chi connectivity index (χ4v) is 2.62. The van der Waals surface area contributed by atoms with Crippen LogP contribution in [0.25, 0.3) is 10.8 Å². The molecule has 0 bridgehead atoms. The molecule has 0 heterocycles. The highest BCUT2D eigenvalue weighted by Crippen LogP contribution is 2.32. The lowest BCUT2D eigenvalue weighted by Gasteiger charge is -2.20. The summed E-state index contributed by atoms with van der Waals surface area (Å²) < 4.78 is 25.0. The lowest BCUT2D eigenvalue weighted by molar-refractivity contribution is 0.190. The molecular formula is C22H22FNO3. The molecule has 0 saturated heterocycles. The van der Waals surface area contributed by atoms with Crippen LogP contribution in [0.15, 0.2) is 60.7 Å². The molecule has 0 aliphatic rings. The van der Waals surface area contributed by atoms with Gasteiger partial charge in [-0.2, -0.15) is 0 Å². The molecule has 4 nitrogen and oxygen atoms in total. The van der Waals surface area contributed by atoms with Crippen molar-refractivity contribution in [3.05, 3.63) is 72.0 Å². The number of carbonyl (C=O) groups excluding carboxylic acids is 1. The summed E-state index contributed by atoms with van der Waals surface area (Å²) in [7, 11) is 0. The van der Waals surface area contributed by atoms with Gasteiger partial charge in [0.2, 0.25) is 0 Å². The maximum Gasteiger partial charge on any atom is 0.413 e. The van der Waals surface area contributed by atoms with Crippen LogP contribution in [0, 0.1) is 5.82 Å². The average Bonchev–Trinajstić information content (AvgIpc) is 2.59. The molecule has 0 aliphatic heterocycles. The topological polar surface area (TPSA) is 47.6 Å². The van der Waals surface area contributed by atoms with Crippen LogP contribution in [0.1, 0.15) is 26.3 Å². The molecule has 0 atom stereocenters. The fourth-order valence-electron chi connectivity index (χ4n) is 2.62. The number of ether oxygens (including phenoxy) is 2. The molecule has 5 heteroatoms. The zero-order valence-corrected chi connectivity index (χ0v) is 15.6. The lowest BCUT2D eigenvalue weighted by atomic mass is 10.1. The van der Waals surface area contributed by atoms with Crippen LogP contribution in [0.3, 0.4) is 0 Å². The molecule has 140 valence electrons. The monoisotopic (exact) mass is 367 g/mol. The van der Waals surface area contributed by atoms with E-state index in [-0.39, 0.29) is 5.82 Å². The summed E-state index contributed by atoms with van der Waals surface area (Å²) in [6.45, 7) is 5.92. The summed E-state index contributed by atoms with van der Waals surface area (Å²) in [5.41, 5.74) is 0.572. The third kappa shape index (κ3) is 5.20. The molecular weight excluding hydrogens is 345 g/mol. The summed E-state index contributed by atoms with van der Waals surface area (Å²) >= 11 is 0. The van der Waals surface area contributed by atoms with Crippen molar-refractivity contribution < 1.29 is 18.7 Å². The molecule has 0 radical (unpaired) electrons. The molecule has 1 amide bonds. The van der Waals surface area contributed by atoms with E-state index in [4.69, 9.17) is 9.47 Å². The van der Waals surface area contributed by atoms with Crippen LogP contribution in [0.4, 0.5) is 9.18 Å². The molecule has 0 spiro atoms. The Morgan fingerprint density at radius 2 is 1.78 bits per heavy atom. The van der Waals surface area contributed by atoms with E-state index in [9.17, 15) is 9.18 Å². The van der Waals surface area contributed by atoms with E-state index >= 15 is 0 Å². The van der Waals surface area contributed by atoms with Gasteiger partial charge < -0.3 is 14.8 Å². The van der Waals surface area contributed by atoms with E-state index in [1.807, 2.05) is 51.1 Å². The van der Waals surface area contributed by atoms with Crippen LogP contribution in [0.2, 0.25) is 0 Å². The molecule has 0 unspecified atom stereocenters. The molecule has 3 aromatic rings. The molecule has 1 N–H and O–H groups in total. The summed E-state index contributed by atoms with van der Waals surface area (Å²) in [6, 6.07) is 17.4. The van der Waals surface area contributed by atoms with Gasteiger partial charge in [-0.1, -0.05) is 36.4 Å². The lowest BCUT2D eigenvalue weighted by Crippen LogP contribution is -2.42. The van der Waals surface area contributed by atoms with Crippen molar-refractivity contribution in [3.63, 3.8) is 0 Å². The highest BCUT2D eigenvalue weighted by Gasteiger charge is 2.16. The zero-order valence-electron chi connectivity index (χ0n) is 15.6. The van der Waals surface area contributed by atoms with Crippen molar-refractivity contribution in [1.82, 2.24) is 5.32 Å². The molecule has 0 saturated carbocycles. The highest BCUT2D eigenvalue weighted by atomic mass is 19.1. The highest BCUT2D eigenvalue weighted by molar-refractivity contribution is 5.90. The van der Waals surface area contributed by atoms with Crippen LogP contribution in [-0.4, -0.2) is 11.6 Å². The Kier molecular flexibility index (Phi) is 5.31. The van der Waals surface area contributed by atoms with E-state index in [1.54, 1.807) is 18.2 Å². The Morgan fingerprint density at radius 1 is 1.04 bits per heavy atom. The second kappa shape index (κ2) is 7.66. The molecule has 3 rings (SSSR count). The Hall–Kier alpha value is -3.08. The molecule has 0 aliphatic carbocycles. The first-order valence-corrected chi connectivity index (χ1v) is 8.70. The number of benzene rings is 3. The predicted molar refractivity (Wildman–Crippen MR) is 104 cm³/mol. The van der Waals surface area contributed by atoms with Crippen molar-refractivity contribution in [2.45, 2.75) is 32.9 Å². The number of hydrogen-bond acceptors (Lipinski definition) is 3. The van der Waals surface area contributed by atoms with Gasteiger partial charge >= 0.3 is 6.09 Å². The summed E-state index contributed by atoms with van der Waals surface area (Å²) in [6.07, 6.45) is -0.557. The van der Waals surface area contributed by atoms with Crippen molar-refractivity contribution >= 4 is 16.9 Å². The van der Waals surface area contributed by atoms with Gasteiger partial charge in [0.1, 0.15) is 23.9 Å². The minimum Gasteiger partial charge on any atom is -0.488 e. The third-order valence-corrected chi connectivity index (χ3v) is 3.78. The SMILES string of the molecule is CC(C)(C)NC(=O)Oc1cc(OCc2ccccc2)c2cc(F)ccc2c1. The summed E-state index contributed by atoms with van der Waals surface area (Å²) in [5, 5.41) is 4.08. The third-order valence-electron chi connectivity index (χ3n) is 3.78. The van der Waals surface area contributed by atoms with Crippen molar-refractivity contribution in [3.8, 4) is 11.5 Å². The van der Waals surface area contributed by atoms with Crippen LogP contribution >= 0.6 is 0 Å². The van der Waals surface area contributed by atoms with E-state index in [2.05, 4.69) is 5.32 Å². The molecule has 0 fully saturated rings. The first-order chi connectivity index (χ1) is 12.8.